The van der Waals surface area contributed by atoms with E-state index in [4.69, 9.17) is 8.92 Å². The van der Waals surface area contributed by atoms with Crippen molar-refractivity contribution in [1.29, 1.82) is 0 Å². The van der Waals surface area contributed by atoms with Crippen LogP contribution in [0.25, 0.3) is 0 Å². The maximum absolute atomic E-state index is 12.2. The lowest BCUT2D eigenvalue weighted by Crippen LogP contribution is -2.40. The molecule has 0 saturated carbocycles. The van der Waals surface area contributed by atoms with Crippen LogP contribution in [0.15, 0.2) is 29.2 Å². The minimum Gasteiger partial charge on any atom is -0.444 e. The highest BCUT2D eigenvalue weighted by atomic mass is 32.2. The number of ether oxygens (including phenoxy) is 2. The summed E-state index contributed by atoms with van der Waals surface area (Å²) in [6.07, 6.45) is 0.0109. The van der Waals surface area contributed by atoms with Gasteiger partial charge in [0.05, 0.1) is 18.1 Å². The molecule has 7 nitrogen and oxygen atoms in total. The summed E-state index contributed by atoms with van der Waals surface area (Å²) in [6.45, 7) is 3.66. The Morgan fingerprint density at radius 3 is 2.28 bits per heavy atom. The normalized spacial score (nSPS) is 13.3. The first-order valence-electron chi connectivity index (χ1n) is 9.24. The van der Waals surface area contributed by atoms with Crippen LogP contribution in [0.3, 0.4) is 0 Å². The average molecular weight is 438 g/mol. The summed E-state index contributed by atoms with van der Waals surface area (Å²) >= 11 is 0. The summed E-state index contributed by atoms with van der Waals surface area (Å²) in [7, 11) is -3.89. The van der Waals surface area contributed by atoms with Gasteiger partial charge in [-0.1, -0.05) is 17.7 Å². The lowest BCUT2D eigenvalue weighted by molar-refractivity contribution is -0.130. The van der Waals surface area contributed by atoms with E-state index >= 15 is 0 Å². The van der Waals surface area contributed by atoms with E-state index in [2.05, 4.69) is 10.1 Å². The van der Waals surface area contributed by atoms with Gasteiger partial charge in [-0.15, -0.1) is 0 Å². The Kier molecular flexibility index (Phi) is 9.94. The van der Waals surface area contributed by atoms with Crippen molar-refractivity contribution in [3.63, 3.8) is 0 Å². The van der Waals surface area contributed by atoms with Crippen LogP contribution in [-0.4, -0.2) is 46.0 Å². The molecular weight excluding hydrogens is 408 g/mol. The topological polar surface area (TPSA) is 90.9 Å². The molecule has 0 aliphatic rings. The molecule has 1 unspecified atom stereocenters. The second-order valence-electron chi connectivity index (χ2n) is 7.49. The molecule has 0 aliphatic carbocycles. The van der Waals surface area contributed by atoms with E-state index in [0.717, 1.165) is 5.56 Å². The van der Waals surface area contributed by atoms with Crippen LogP contribution >= 0.6 is 0 Å². The molecule has 0 heterocycles. The van der Waals surface area contributed by atoms with Gasteiger partial charge in [0.2, 0.25) is 0 Å². The van der Waals surface area contributed by atoms with Crippen molar-refractivity contribution in [3.8, 4) is 0 Å². The van der Waals surface area contributed by atoms with Crippen LogP contribution < -0.4 is 5.32 Å². The number of hydrogen-bond acceptors (Lipinski definition) is 6. The van der Waals surface area contributed by atoms with Gasteiger partial charge in [0, 0.05) is 6.04 Å². The van der Waals surface area contributed by atoms with E-state index in [0.29, 0.717) is 6.42 Å². The number of alkyl halides is 2. The number of benzene rings is 1. The predicted octanol–water partition coefficient (Wildman–Crippen LogP) is 4.00. The number of amides is 1. The van der Waals surface area contributed by atoms with Crippen molar-refractivity contribution < 1.29 is 35.6 Å². The summed E-state index contributed by atoms with van der Waals surface area (Å²) in [4.78, 5) is 12.0. The molecule has 1 aromatic carbocycles. The third-order valence-electron chi connectivity index (χ3n) is 3.68. The lowest BCUT2D eigenvalue weighted by atomic mass is 10.1. The minimum absolute atomic E-state index is 0.0527. The van der Waals surface area contributed by atoms with E-state index in [1.807, 2.05) is 6.92 Å². The Labute approximate surface area is 170 Å². The van der Waals surface area contributed by atoms with Crippen LogP contribution in [0.5, 0.6) is 0 Å². The molecule has 1 aromatic rings. The van der Waals surface area contributed by atoms with E-state index in [9.17, 15) is 22.0 Å². The Morgan fingerprint density at radius 1 is 1.10 bits per heavy atom. The lowest BCUT2D eigenvalue weighted by Gasteiger charge is -2.23. The third kappa shape index (κ3) is 11.1. The van der Waals surface area contributed by atoms with E-state index in [1.165, 1.54) is 12.1 Å². The fourth-order valence-corrected chi connectivity index (χ4v) is 3.28. The molecule has 0 bridgehead atoms. The number of carbonyl (C=O) groups excluding carboxylic acids is 1. The zero-order valence-electron chi connectivity index (χ0n) is 17.1. The highest BCUT2D eigenvalue weighted by Gasteiger charge is 2.20. The molecule has 1 N–H and O–H groups in total. The molecule has 0 radical (unpaired) electrons. The molecule has 0 aliphatic heterocycles. The Morgan fingerprint density at radius 2 is 1.72 bits per heavy atom. The summed E-state index contributed by atoms with van der Waals surface area (Å²) in [6, 6.07) is 5.72. The molecule has 29 heavy (non-hydrogen) atoms. The molecule has 1 rings (SSSR count). The fourth-order valence-electron chi connectivity index (χ4n) is 2.33. The number of carbonyl (C=O) groups is 1. The first-order valence-corrected chi connectivity index (χ1v) is 10.7. The van der Waals surface area contributed by atoms with Crippen LogP contribution in [0.1, 0.15) is 45.6 Å². The van der Waals surface area contributed by atoms with Crippen molar-refractivity contribution >= 4 is 16.2 Å². The number of aryl methyl sites for hydroxylation is 1. The molecule has 10 heteroatoms. The van der Waals surface area contributed by atoms with Crippen LogP contribution in [0.4, 0.5) is 13.6 Å². The Hall–Kier alpha value is -1.78. The number of alkyl carbamates (subject to hydrolysis) is 1. The minimum atomic E-state index is -3.89. The standard InChI is InChI=1S/C19H29F2NO6S/c1-14-7-9-16(10-8-14)29(24,25)27-12-5-6-15(11-13-26-17(20)21)22-18(23)28-19(2,3)4/h7-10,15,17H,5-6,11-13H2,1-4H3,(H,22,23). The maximum Gasteiger partial charge on any atom is 0.407 e. The Balaban J connectivity index is 2.54. The molecule has 0 fully saturated rings. The molecule has 0 spiro atoms. The number of rotatable bonds is 11. The number of halogens is 2. The molecular formula is C19H29F2NO6S. The first-order chi connectivity index (χ1) is 13.4. The van der Waals surface area contributed by atoms with Crippen LogP contribution in [0.2, 0.25) is 0 Å². The van der Waals surface area contributed by atoms with E-state index in [-0.39, 0.29) is 31.0 Å². The van der Waals surface area contributed by atoms with Gasteiger partial charge in [0.15, 0.2) is 0 Å². The molecule has 0 aromatic heterocycles. The van der Waals surface area contributed by atoms with Gasteiger partial charge in [-0.2, -0.15) is 17.2 Å². The van der Waals surface area contributed by atoms with Gasteiger partial charge in [-0.05, 0) is 59.1 Å². The monoisotopic (exact) mass is 437 g/mol. The zero-order chi connectivity index (χ0) is 22.1. The van der Waals surface area contributed by atoms with Gasteiger partial charge < -0.3 is 14.8 Å². The SMILES string of the molecule is Cc1ccc(S(=O)(=O)OCCCC(CCOC(F)F)NC(=O)OC(C)(C)C)cc1. The average Bonchev–Trinajstić information content (AvgIpc) is 2.56. The van der Waals surface area contributed by atoms with Gasteiger partial charge in [-0.25, -0.2) is 4.79 Å². The quantitative estimate of drug-likeness (QED) is 0.416. The number of nitrogens with one attached hydrogen (secondary N) is 1. The van der Waals surface area contributed by atoms with Gasteiger partial charge in [0.25, 0.3) is 10.1 Å². The summed E-state index contributed by atoms with van der Waals surface area (Å²) in [5, 5.41) is 2.59. The van der Waals surface area contributed by atoms with Gasteiger partial charge in [0.1, 0.15) is 5.60 Å². The van der Waals surface area contributed by atoms with Crippen molar-refractivity contribution in [1.82, 2.24) is 5.32 Å². The van der Waals surface area contributed by atoms with Gasteiger partial charge >= 0.3 is 12.7 Å². The van der Waals surface area contributed by atoms with Crippen LogP contribution in [0, 0.1) is 6.92 Å². The number of hydrogen-bond donors (Lipinski definition) is 1. The van der Waals surface area contributed by atoms with Gasteiger partial charge in [-0.3, -0.25) is 4.18 Å². The Bertz CT molecular complexity index is 732. The van der Waals surface area contributed by atoms with E-state index < -0.39 is 34.5 Å². The highest BCUT2D eigenvalue weighted by molar-refractivity contribution is 7.86. The third-order valence-corrected chi connectivity index (χ3v) is 5.00. The summed E-state index contributed by atoms with van der Waals surface area (Å²) in [5.41, 5.74) is 0.213. The summed E-state index contributed by atoms with van der Waals surface area (Å²) in [5.74, 6) is 0. The smallest absolute Gasteiger partial charge is 0.407 e. The van der Waals surface area contributed by atoms with Crippen molar-refractivity contribution in [2.45, 2.75) is 70.1 Å². The molecule has 0 saturated heterocycles. The highest BCUT2D eigenvalue weighted by Crippen LogP contribution is 2.15. The molecule has 1 atom stereocenters. The van der Waals surface area contributed by atoms with Crippen molar-refractivity contribution in [3.05, 3.63) is 29.8 Å². The van der Waals surface area contributed by atoms with Crippen LogP contribution in [-0.2, 0) is 23.8 Å². The van der Waals surface area contributed by atoms with E-state index in [1.54, 1.807) is 32.9 Å². The molecule has 1 amide bonds. The van der Waals surface area contributed by atoms with Crippen molar-refractivity contribution in [2.24, 2.45) is 0 Å². The molecule has 166 valence electrons. The predicted molar refractivity (Wildman–Crippen MR) is 103 cm³/mol. The second kappa shape index (κ2) is 11.4. The largest absolute Gasteiger partial charge is 0.444 e. The second-order valence-corrected chi connectivity index (χ2v) is 9.11. The first kappa shape index (κ1) is 25.3. The van der Waals surface area contributed by atoms with Crippen molar-refractivity contribution in [2.75, 3.05) is 13.2 Å². The maximum atomic E-state index is 12.2. The zero-order valence-corrected chi connectivity index (χ0v) is 17.9. The summed E-state index contributed by atoms with van der Waals surface area (Å²) < 4.78 is 63.1. The fraction of sp³-hybridized carbons (Fsp3) is 0.632.